The molecule has 7 heteroatoms. The zero-order chi connectivity index (χ0) is 18.6. The van der Waals surface area contributed by atoms with Crippen LogP contribution in [-0.2, 0) is 33.2 Å². The Morgan fingerprint density at radius 1 is 0.600 bits per heavy atom. The van der Waals surface area contributed by atoms with Crippen LogP contribution in [0.3, 0.4) is 0 Å². The van der Waals surface area contributed by atoms with Crippen molar-refractivity contribution in [1.29, 1.82) is 0 Å². The zero-order valence-electron chi connectivity index (χ0n) is 16.1. The molecule has 0 atom stereocenters. The smallest absolute Gasteiger partial charge is 0.160 e. The number of carbonyl (C=O) groups excluding carboxylic acids is 1. The molecule has 0 amide bonds. The van der Waals surface area contributed by atoms with E-state index in [1.54, 1.807) is 0 Å². The molecule has 0 fully saturated rings. The van der Waals surface area contributed by atoms with Gasteiger partial charge in [0, 0.05) is 12.5 Å². The molecule has 0 heterocycles. The molecule has 0 aromatic rings. The standard InChI is InChI=1S/C18H36O7/c1-4-5-20-6-7-21-8-9-22-10-11-23-12-13-24-14-15-25-16-18(19)17(2)3/h17H,4-16H2,1-3H3. The largest absolute Gasteiger partial charge is 0.379 e. The highest BCUT2D eigenvalue weighted by molar-refractivity contribution is 5.81. The molecule has 0 rings (SSSR count). The molecule has 0 saturated heterocycles. The Morgan fingerprint density at radius 2 is 0.920 bits per heavy atom. The third kappa shape index (κ3) is 19.6. The topological polar surface area (TPSA) is 72.5 Å². The Kier molecular flexibility index (Phi) is 19.3. The second-order valence-corrected chi connectivity index (χ2v) is 5.74. The third-order valence-electron chi connectivity index (χ3n) is 3.10. The summed E-state index contributed by atoms with van der Waals surface area (Å²) in [6, 6.07) is 0. The van der Waals surface area contributed by atoms with Crippen molar-refractivity contribution in [3.63, 3.8) is 0 Å². The van der Waals surface area contributed by atoms with Crippen LogP contribution in [0, 0.1) is 5.92 Å². The lowest BCUT2D eigenvalue weighted by Gasteiger charge is -2.08. The van der Waals surface area contributed by atoms with Gasteiger partial charge in [-0.2, -0.15) is 0 Å². The summed E-state index contributed by atoms with van der Waals surface area (Å²) in [5.74, 6) is 0.126. The van der Waals surface area contributed by atoms with Crippen molar-refractivity contribution in [2.75, 3.05) is 79.3 Å². The number of hydrogen-bond acceptors (Lipinski definition) is 7. The predicted octanol–water partition coefficient (Wildman–Crippen LogP) is 1.72. The number of carbonyl (C=O) groups is 1. The molecular formula is C18H36O7. The highest BCUT2D eigenvalue weighted by Gasteiger charge is 2.06. The molecule has 0 aliphatic heterocycles. The van der Waals surface area contributed by atoms with Gasteiger partial charge in [0.1, 0.15) is 6.61 Å². The van der Waals surface area contributed by atoms with Gasteiger partial charge in [0.15, 0.2) is 5.78 Å². The van der Waals surface area contributed by atoms with Gasteiger partial charge >= 0.3 is 0 Å². The summed E-state index contributed by atoms with van der Waals surface area (Å²) in [6.45, 7) is 12.1. The zero-order valence-corrected chi connectivity index (χ0v) is 16.1. The molecular weight excluding hydrogens is 328 g/mol. The fourth-order valence-electron chi connectivity index (χ4n) is 1.58. The van der Waals surface area contributed by atoms with E-state index in [-0.39, 0.29) is 18.3 Å². The Hall–Kier alpha value is -0.570. The SMILES string of the molecule is CCCOCCOCCOCCOCCOCCOCC(=O)C(C)C. The van der Waals surface area contributed by atoms with Crippen LogP contribution in [0.5, 0.6) is 0 Å². The molecule has 25 heavy (non-hydrogen) atoms. The van der Waals surface area contributed by atoms with E-state index in [9.17, 15) is 4.79 Å². The maximum atomic E-state index is 11.3. The van der Waals surface area contributed by atoms with Gasteiger partial charge in [-0.05, 0) is 6.42 Å². The fraction of sp³-hybridized carbons (Fsp3) is 0.944. The van der Waals surface area contributed by atoms with Crippen molar-refractivity contribution < 1.29 is 33.2 Å². The molecule has 0 radical (unpaired) electrons. The van der Waals surface area contributed by atoms with Crippen LogP contribution in [0.2, 0.25) is 0 Å². The average molecular weight is 364 g/mol. The summed E-state index contributed by atoms with van der Waals surface area (Å²) >= 11 is 0. The Bertz CT molecular complexity index is 285. The molecule has 0 N–H and O–H groups in total. The minimum Gasteiger partial charge on any atom is -0.379 e. The number of hydrogen-bond donors (Lipinski definition) is 0. The summed E-state index contributed by atoms with van der Waals surface area (Å²) in [7, 11) is 0. The van der Waals surface area contributed by atoms with Crippen molar-refractivity contribution >= 4 is 5.78 Å². The molecule has 0 spiro atoms. The van der Waals surface area contributed by atoms with E-state index in [4.69, 9.17) is 28.4 Å². The Morgan fingerprint density at radius 3 is 1.24 bits per heavy atom. The van der Waals surface area contributed by atoms with Crippen LogP contribution >= 0.6 is 0 Å². The molecule has 0 aromatic heterocycles. The quantitative estimate of drug-likeness (QED) is 0.305. The van der Waals surface area contributed by atoms with E-state index in [0.29, 0.717) is 66.1 Å². The molecule has 0 bridgehead atoms. The van der Waals surface area contributed by atoms with Crippen molar-refractivity contribution in [3.05, 3.63) is 0 Å². The van der Waals surface area contributed by atoms with E-state index in [1.807, 2.05) is 13.8 Å². The predicted molar refractivity (Wildman–Crippen MR) is 95.1 cm³/mol. The first-order valence-electron chi connectivity index (χ1n) is 9.17. The Balaban J connectivity index is 3.04. The summed E-state index contributed by atoms with van der Waals surface area (Å²) in [5.41, 5.74) is 0. The lowest BCUT2D eigenvalue weighted by atomic mass is 10.1. The fourth-order valence-corrected chi connectivity index (χ4v) is 1.58. The van der Waals surface area contributed by atoms with Gasteiger partial charge in [0.05, 0.1) is 66.1 Å². The summed E-state index contributed by atoms with van der Waals surface area (Å²) in [5, 5.41) is 0. The van der Waals surface area contributed by atoms with E-state index >= 15 is 0 Å². The van der Waals surface area contributed by atoms with E-state index in [1.165, 1.54) is 0 Å². The van der Waals surface area contributed by atoms with Gasteiger partial charge in [-0.25, -0.2) is 0 Å². The van der Waals surface area contributed by atoms with Gasteiger partial charge in [-0.3, -0.25) is 4.79 Å². The van der Waals surface area contributed by atoms with E-state index < -0.39 is 0 Å². The van der Waals surface area contributed by atoms with Crippen LogP contribution in [-0.4, -0.2) is 85.1 Å². The van der Waals surface area contributed by atoms with Gasteiger partial charge in [0.25, 0.3) is 0 Å². The number of ether oxygens (including phenoxy) is 6. The van der Waals surface area contributed by atoms with Crippen molar-refractivity contribution in [3.8, 4) is 0 Å². The maximum Gasteiger partial charge on any atom is 0.160 e. The van der Waals surface area contributed by atoms with Crippen LogP contribution in [0.4, 0.5) is 0 Å². The third-order valence-corrected chi connectivity index (χ3v) is 3.10. The first-order valence-corrected chi connectivity index (χ1v) is 9.17. The first-order chi connectivity index (χ1) is 12.2. The monoisotopic (exact) mass is 364 g/mol. The number of Topliss-reactive ketones (excluding diaryl/α,β-unsaturated/α-hetero) is 1. The second kappa shape index (κ2) is 19.8. The Labute approximate surface area is 152 Å². The summed E-state index contributed by atoms with van der Waals surface area (Å²) in [4.78, 5) is 11.3. The minimum absolute atomic E-state index is 0.0166. The molecule has 0 aliphatic carbocycles. The van der Waals surface area contributed by atoms with Crippen LogP contribution in [0.1, 0.15) is 27.2 Å². The first kappa shape index (κ1) is 24.4. The van der Waals surface area contributed by atoms with Crippen molar-refractivity contribution in [2.45, 2.75) is 27.2 Å². The summed E-state index contributed by atoms with van der Waals surface area (Å²) < 4.78 is 32.0. The molecule has 7 nitrogen and oxygen atoms in total. The molecule has 0 unspecified atom stereocenters. The molecule has 0 aliphatic rings. The normalized spacial score (nSPS) is 11.4. The van der Waals surface area contributed by atoms with Crippen molar-refractivity contribution in [2.24, 2.45) is 5.92 Å². The lowest BCUT2D eigenvalue weighted by molar-refractivity contribution is -0.127. The van der Waals surface area contributed by atoms with Gasteiger partial charge < -0.3 is 28.4 Å². The molecule has 0 aromatic carbocycles. The number of ketones is 1. The highest BCUT2D eigenvalue weighted by atomic mass is 16.6. The lowest BCUT2D eigenvalue weighted by Crippen LogP contribution is -2.17. The minimum atomic E-state index is 0.0166. The van der Waals surface area contributed by atoms with Crippen LogP contribution < -0.4 is 0 Å². The van der Waals surface area contributed by atoms with Gasteiger partial charge in [-0.1, -0.05) is 20.8 Å². The van der Waals surface area contributed by atoms with Crippen molar-refractivity contribution in [1.82, 2.24) is 0 Å². The van der Waals surface area contributed by atoms with E-state index in [2.05, 4.69) is 6.92 Å². The van der Waals surface area contributed by atoms with Gasteiger partial charge in [-0.15, -0.1) is 0 Å². The van der Waals surface area contributed by atoms with E-state index in [0.717, 1.165) is 13.0 Å². The molecule has 0 saturated carbocycles. The highest BCUT2D eigenvalue weighted by Crippen LogP contribution is 1.94. The summed E-state index contributed by atoms with van der Waals surface area (Å²) in [6.07, 6.45) is 1.03. The average Bonchev–Trinajstić information content (AvgIpc) is 2.60. The van der Waals surface area contributed by atoms with Crippen LogP contribution in [0.25, 0.3) is 0 Å². The molecule has 150 valence electrons. The van der Waals surface area contributed by atoms with Gasteiger partial charge in [0.2, 0.25) is 0 Å². The second-order valence-electron chi connectivity index (χ2n) is 5.74. The van der Waals surface area contributed by atoms with Crippen LogP contribution in [0.15, 0.2) is 0 Å². The number of rotatable bonds is 20. The maximum absolute atomic E-state index is 11.3.